The van der Waals surface area contributed by atoms with Crippen LogP contribution in [0.15, 0.2) is 48.5 Å². The molecule has 1 aliphatic carbocycles. The van der Waals surface area contributed by atoms with Crippen molar-refractivity contribution in [2.45, 2.75) is 43.1 Å². The number of alkyl carbamates (subject to hydrolysis) is 1. The number of hydrogen-bond donors (Lipinski definition) is 3. The van der Waals surface area contributed by atoms with Gasteiger partial charge in [0.2, 0.25) is 0 Å². The maximum atomic E-state index is 13.0. The van der Waals surface area contributed by atoms with Crippen LogP contribution < -0.4 is 5.32 Å². The summed E-state index contributed by atoms with van der Waals surface area (Å²) in [7, 11) is 0. The molecule has 2 aromatic carbocycles. The lowest BCUT2D eigenvalue weighted by Gasteiger charge is -2.27. The minimum atomic E-state index is -1.18. The van der Waals surface area contributed by atoms with Crippen molar-refractivity contribution < 1.29 is 34.1 Å². The number of carbonyl (C=O) groups excluding carboxylic acids is 2. The fourth-order valence-corrected chi connectivity index (χ4v) is 5.23. The van der Waals surface area contributed by atoms with E-state index in [0.29, 0.717) is 6.42 Å². The fourth-order valence-electron chi connectivity index (χ4n) is 5.23. The second-order valence-corrected chi connectivity index (χ2v) is 8.89. The summed E-state index contributed by atoms with van der Waals surface area (Å²) in [6.45, 7) is 0.317. The van der Waals surface area contributed by atoms with E-state index in [1.54, 1.807) is 0 Å². The fraction of sp³-hybridized carbons (Fsp3) is 0.400. The second-order valence-electron chi connectivity index (χ2n) is 8.89. The lowest BCUT2D eigenvalue weighted by Crippen LogP contribution is -2.52. The topological polar surface area (TPSA) is 125 Å². The molecule has 0 bridgehead atoms. The van der Waals surface area contributed by atoms with E-state index in [2.05, 4.69) is 17.4 Å². The monoisotopic (exact) mass is 466 g/mol. The van der Waals surface area contributed by atoms with Crippen molar-refractivity contribution in [3.05, 3.63) is 59.7 Å². The number of aliphatic hydroxyl groups excluding tert-OH is 1. The average Bonchev–Trinajstić information content (AvgIpc) is 3.53. The third kappa shape index (κ3) is 4.01. The molecule has 4 atom stereocenters. The van der Waals surface area contributed by atoms with Crippen molar-refractivity contribution in [3.63, 3.8) is 0 Å². The molecule has 3 aliphatic rings. The van der Waals surface area contributed by atoms with Crippen LogP contribution in [0.2, 0.25) is 0 Å². The Morgan fingerprint density at radius 1 is 1.06 bits per heavy atom. The van der Waals surface area contributed by atoms with E-state index in [0.717, 1.165) is 27.2 Å². The molecule has 2 fully saturated rings. The Balaban J connectivity index is 1.23. The van der Waals surface area contributed by atoms with Crippen molar-refractivity contribution >= 4 is 18.0 Å². The van der Waals surface area contributed by atoms with E-state index >= 15 is 0 Å². The Morgan fingerprint density at radius 2 is 1.71 bits per heavy atom. The van der Waals surface area contributed by atoms with Crippen LogP contribution in [0, 0.1) is 0 Å². The van der Waals surface area contributed by atoms with Gasteiger partial charge in [0.25, 0.3) is 5.91 Å². The molecule has 0 unspecified atom stereocenters. The molecule has 9 heteroatoms. The maximum Gasteiger partial charge on any atom is 0.407 e. The lowest BCUT2D eigenvalue weighted by molar-refractivity contribution is -0.152. The van der Waals surface area contributed by atoms with Gasteiger partial charge in [-0.1, -0.05) is 48.5 Å². The van der Waals surface area contributed by atoms with Crippen molar-refractivity contribution in [2.75, 3.05) is 19.8 Å². The van der Waals surface area contributed by atoms with Gasteiger partial charge in [-0.25, -0.2) is 9.59 Å². The Bertz CT molecular complexity index is 1070. The summed E-state index contributed by atoms with van der Waals surface area (Å²) in [6.07, 6.45) is -2.22. The van der Waals surface area contributed by atoms with Crippen molar-refractivity contribution in [1.29, 1.82) is 0 Å². The zero-order chi connectivity index (χ0) is 23.8. The van der Waals surface area contributed by atoms with Gasteiger partial charge in [-0.3, -0.25) is 4.79 Å². The number of nitrogens with one attached hydrogen (secondary N) is 1. The maximum absolute atomic E-state index is 13.0. The molecule has 0 saturated carbocycles. The van der Waals surface area contributed by atoms with E-state index in [1.807, 2.05) is 36.4 Å². The zero-order valence-electron chi connectivity index (χ0n) is 18.4. The summed E-state index contributed by atoms with van der Waals surface area (Å²) in [4.78, 5) is 38.2. The van der Waals surface area contributed by atoms with Gasteiger partial charge in [-0.2, -0.15) is 0 Å². The summed E-state index contributed by atoms with van der Waals surface area (Å²) in [5.41, 5.74) is 4.45. The van der Waals surface area contributed by atoms with E-state index in [4.69, 9.17) is 9.47 Å². The summed E-state index contributed by atoms with van der Waals surface area (Å²) < 4.78 is 11.1. The summed E-state index contributed by atoms with van der Waals surface area (Å²) >= 11 is 0. The number of aliphatic hydroxyl groups is 1. The Labute approximate surface area is 196 Å². The first-order valence-corrected chi connectivity index (χ1v) is 11.4. The number of hydrogen-bond acceptors (Lipinski definition) is 6. The van der Waals surface area contributed by atoms with Gasteiger partial charge in [-0.05, 0) is 28.7 Å². The average molecular weight is 466 g/mol. The van der Waals surface area contributed by atoms with Gasteiger partial charge in [0, 0.05) is 25.5 Å². The minimum Gasteiger partial charge on any atom is -0.480 e. The molecule has 0 spiro atoms. The van der Waals surface area contributed by atoms with E-state index in [9.17, 15) is 24.6 Å². The number of carboxylic acids is 1. The molecule has 3 N–H and O–H groups in total. The highest BCUT2D eigenvalue weighted by Crippen LogP contribution is 2.44. The summed E-state index contributed by atoms with van der Waals surface area (Å²) in [6, 6.07) is 14.3. The molecular formula is C25H26N2O7. The predicted molar refractivity (Wildman–Crippen MR) is 120 cm³/mol. The number of aliphatic carboxylic acids is 1. The smallest absolute Gasteiger partial charge is 0.407 e. The van der Waals surface area contributed by atoms with E-state index in [-0.39, 0.29) is 32.1 Å². The van der Waals surface area contributed by atoms with Gasteiger partial charge < -0.3 is 29.9 Å². The number of benzene rings is 2. The molecule has 2 aromatic rings. The van der Waals surface area contributed by atoms with Gasteiger partial charge >= 0.3 is 12.1 Å². The molecular weight excluding hydrogens is 440 g/mol. The van der Waals surface area contributed by atoms with Crippen molar-refractivity contribution in [2.24, 2.45) is 0 Å². The first-order valence-electron chi connectivity index (χ1n) is 11.4. The van der Waals surface area contributed by atoms with Crippen LogP contribution in [-0.2, 0) is 19.1 Å². The molecule has 0 aromatic heterocycles. The predicted octanol–water partition coefficient (Wildman–Crippen LogP) is 1.73. The molecule has 2 heterocycles. The molecule has 9 nitrogen and oxygen atoms in total. The normalized spacial score (nSPS) is 25.6. The number of rotatable bonds is 5. The van der Waals surface area contributed by atoms with Crippen LogP contribution in [0.3, 0.4) is 0 Å². The van der Waals surface area contributed by atoms with Crippen LogP contribution in [-0.4, -0.2) is 77.1 Å². The molecule has 34 heavy (non-hydrogen) atoms. The van der Waals surface area contributed by atoms with Crippen LogP contribution in [0.1, 0.15) is 29.9 Å². The van der Waals surface area contributed by atoms with Gasteiger partial charge in [0.1, 0.15) is 12.6 Å². The lowest BCUT2D eigenvalue weighted by atomic mass is 9.98. The van der Waals surface area contributed by atoms with Crippen molar-refractivity contribution in [1.82, 2.24) is 10.2 Å². The number of ether oxygens (including phenoxy) is 2. The number of fused-ring (bicyclic) bond motifs is 3. The Morgan fingerprint density at radius 3 is 2.35 bits per heavy atom. The molecule has 2 saturated heterocycles. The second kappa shape index (κ2) is 9.08. The molecule has 2 aliphatic heterocycles. The summed E-state index contributed by atoms with van der Waals surface area (Å²) in [5.74, 6) is -1.81. The quantitative estimate of drug-likeness (QED) is 0.613. The molecule has 0 radical (unpaired) electrons. The van der Waals surface area contributed by atoms with Crippen LogP contribution in [0.25, 0.3) is 11.1 Å². The van der Waals surface area contributed by atoms with Crippen molar-refractivity contribution in [3.8, 4) is 11.1 Å². The first-order chi connectivity index (χ1) is 16.4. The molecule has 178 valence electrons. The Kier molecular flexibility index (Phi) is 5.97. The molecule has 2 amide bonds. The summed E-state index contributed by atoms with van der Waals surface area (Å²) in [5, 5.41) is 21.9. The van der Waals surface area contributed by atoms with Crippen LogP contribution >= 0.6 is 0 Å². The van der Waals surface area contributed by atoms with Crippen LogP contribution in [0.4, 0.5) is 4.79 Å². The number of amides is 2. The third-order valence-corrected chi connectivity index (χ3v) is 6.83. The van der Waals surface area contributed by atoms with Gasteiger partial charge in [0.05, 0.1) is 12.1 Å². The van der Waals surface area contributed by atoms with E-state index < -0.39 is 42.3 Å². The van der Waals surface area contributed by atoms with Crippen LogP contribution in [0.5, 0.6) is 0 Å². The highest BCUT2D eigenvalue weighted by atomic mass is 16.6. The molecule has 5 rings (SSSR count). The number of β-amino-alcohol motifs (C(OH)–C–C–N with tert-alkyl or cyclic N) is 1. The standard InChI is InChI=1S/C25H26N2O7/c28-14-11-21(24(30)31)27(12-14)23(29)22-20(9-10-33-22)26-25(32)34-13-19-17-7-3-1-5-15(17)16-6-2-4-8-18(16)19/h1-8,14,19-22,28H,9-13H2,(H,26,32)(H,30,31)/t14-,20+,21+,22-/m1/s1. The highest BCUT2D eigenvalue weighted by Gasteiger charge is 2.45. The third-order valence-electron chi connectivity index (χ3n) is 6.83. The number of carboxylic acid groups (broad SMARTS) is 1. The first kappa shape index (κ1) is 22.4. The number of carbonyl (C=O) groups is 3. The highest BCUT2D eigenvalue weighted by molar-refractivity contribution is 5.88. The van der Waals surface area contributed by atoms with E-state index in [1.165, 1.54) is 0 Å². The SMILES string of the molecule is O=C(N[C@H]1CCO[C@H]1C(=O)N1C[C@H](O)C[C@H]1C(=O)O)OCC1c2ccccc2-c2ccccc21. The minimum absolute atomic E-state index is 0.0295. The number of nitrogens with zero attached hydrogens (tertiary/aromatic N) is 1. The number of likely N-dealkylation sites (tertiary alicyclic amines) is 1. The Hall–Kier alpha value is -3.43. The largest absolute Gasteiger partial charge is 0.480 e. The zero-order valence-corrected chi connectivity index (χ0v) is 18.4. The van der Waals surface area contributed by atoms with Gasteiger partial charge in [-0.15, -0.1) is 0 Å². The van der Waals surface area contributed by atoms with Gasteiger partial charge in [0.15, 0.2) is 6.10 Å².